The molecule has 1 aliphatic rings. The van der Waals surface area contributed by atoms with E-state index in [1.165, 1.54) is 38.0 Å². The molecule has 1 heterocycles. The molecular weight excluding hydrogens is 220 g/mol. The van der Waals surface area contributed by atoms with Crippen molar-refractivity contribution in [2.45, 2.75) is 39.2 Å². The lowest BCUT2D eigenvalue weighted by molar-refractivity contribution is 0.144. The predicted molar refractivity (Wildman–Crippen MR) is 79.0 cm³/mol. The number of piperidine rings is 1. The van der Waals surface area contributed by atoms with Gasteiger partial charge in [-0.2, -0.15) is 0 Å². The van der Waals surface area contributed by atoms with E-state index in [1.54, 1.807) is 0 Å². The van der Waals surface area contributed by atoms with Crippen molar-refractivity contribution in [2.75, 3.05) is 25.0 Å². The average molecular weight is 246 g/mol. The SMILES string of the molecule is CCC1CCN(C(C)CNc2ccccc2)CC1. The van der Waals surface area contributed by atoms with Crippen LogP contribution in [0, 0.1) is 5.92 Å². The minimum absolute atomic E-state index is 0.628. The summed E-state index contributed by atoms with van der Waals surface area (Å²) in [6.07, 6.45) is 4.11. The van der Waals surface area contributed by atoms with Gasteiger partial charge in [-0.05, 0) is 50.9 Å². The summed E-state index contributed by atoms with van der Waals surface area (Å²) in [4.78, 5) is 2.63. The van der Waals surface area contributed by atoms with Gasteiger partial charge < -0.3 is 5.32 Å². The van der Waals surface area contributed by atoms with Crippen LogP contribution < -0.4 is 5.32 Å². The van der Waals surface area contributed by atoms with E-state index in [0.29, 0.717) is 6.04 Å². The predicted octanol–water partition coefficient (Wildman–Crippen LogP) is 3.61. The zero-order valence-corrected chi connectivity index (χ0v) is 11.7. The standard InChI is InChI=1S/C16H26N2/c1-3-15-9-11-18(12-10-15)14(2)13-17-16-7-5-4-6-8-16/h4-8,14-15,17H,3,9-13H2,1-2H3. The van der Waals surface area contributed by atoms with Gasteiger partial charge >= 0.3 is 0 Å². The van der Waals surface area contributed by atoms with Crippen LogP contribution in [-0.2, 0) is 0 Å². The van der Waals surface area contributed by atoms with E-state index in [4.69, 9.17) is 0 Å². The van der Waals surface area contributed by atoms with Crippen molar-refractivity contribution in [1.82, 2.24) is 4.90 Å². The Bertz CT molecular complexity index is 328. The highest BCUT2D eigenvalue weighted by Gasteiger charge is 2.21. The van der Waals surface area contributed by atoms with Crippen molar-refractivity contribution < 1.29 is 0 Å². The van der Waals surface area contributed by atoms with Crippen molar-refractivity contribution in [3.8, 4) is 0 Å². The molecule has 0 aromatic heterocycles. The van der Waals surface area contributed by atoms with Crippen molar-refractivity contribution >= 4 is 5.69 Å². The number of rotatable bonds is 5. The fourth-order valence-electron chi connectivity index (χ4n) is 2.75. The first-order valence-electron chi connectivity index (χ1n) is 7.32. The number of anilines is 1. The van der Waals surface area contributed by atoms with Crippen LogP contribution in [0.5, 0.6) is 0 Å². The third-order valence-electron chi connectivity index (χ3n) is 4.23. The maximum atomic E-state index is 3.53. The largest absolute Gasteiger partial charge is 0.383 e. The van der Waals surface area contributed by atoms with Gasteiger partial charge in [-0.3, -0.25) is 4.90 Å². The number of para-hydroxylation sites is 1. The highest BCUT2D eigenvalue weighted by molar-refractivity contribution is 5.42. The summed E-state index contributed by atoms with van der Waals surface area (Å²) in [5.74, 6) is 0.968. The lowest BCUT2D eigenvalue weighted by atomic mass is 9.94. The quantitative estimate of drug-likeness (QED) is 0.854. The number of nitrogens with zero attached hydrogens (tertiary/aromatic N) is 1. The molecule has 0 bridgehead atoms. The van der Waals surface area contributed by atoms with Crippen LogP contribution in [0.3, 0.4) is 0 Å². The Labute approximate surface area is 111 Å². The average Bonchev–Trinajstić information content (AvgIpc) is 2.46. The van der Waals surface area contributed by atoms with Gasteiger partial charge in [-0.25, -0.2) is 0 Å². The third kappa shape index (κ3) is 3.74. The monoisotopic (exact) mass is 246 g/mol. The van der Waals surface area contributed by atoms with Crippen LogP contribution in [0.4, 0.5) is 5.69 Å². The van der Waals surface area contributed by atoms with Gasteiger partial charge in [0.2, 0.25) is 0 Å². The maximum absolute atomic E-state index is 3.53. The molecule has 0 spiro atoms. The fraction of sp³-hybridized carbons (Fsp3) is 0.625. The first-order valence-corrected chi connectivity index (χ1v) is 7.32. The number of likely N-dealkylation sites (tertiary alicyclic amines) is 1. The molecule has 1 aromatic carbocycles. The van der Waals surface area contributed by atoms with Crippen LogP contribution in [-0.4, -0.2) is 30.6 Å². The second-order valence-corrected chi connectivity index (χ2v) is 5.48. The maximum Gasteiger partial charge on any atom is 0.0340 e. The summed E-state index contributed by atoms with van der Waals surface area (Å²) >= 11 is 0. The Balaban J connectivity index is 1.73. The summed E-state index contributed by atoms with van der Waals surface area (Å²) in [5.41, 5.74) is 1.23. The molecule has 1 aliphatic heterocycles. The summed E-state index contributed by atoms with van der Waals surface area (Å²) < 4.78 is 0. The van der Waals surface area contributed by atoms with Crippen molar-refractivity contribution in [2.24, 2.45) is 5.92 Å². The molecule has 0 amide bonds. The summed E-state index contributed by atoms with van der Waals surface area (Å²) in [5, 5.41) is 3.53. The molecule has 1 unspecified atom stereocenters. The van der Waals surface area contributed by atoms with E-state index in [-0.39, 0.29) is 0 Å². The van der Waals surface area contributed by atoms with Crippen LogP contribution in [0.2, 0.25) is 0 Å². The Hall–Kier alpha value is -1.02. The van der Waals surface area contributed by atoms with Crippen LogP contribution >= 0.6 is 0 Å². The zero-order valence-electron chi connectivity index (χ0n) is 11.7. The normalized spacial score (nSPS) is 19.7. The van der Waals surface area contributed by atoms with Crippen LogP contribution in [0.15, 0.2) is 30.3 Å². The molecule has 1 aromatic rings. The van der Waals surface area contributed by atoms with E-state index in [9.17, 15) is 0 Å². The smallest absolute Gasteiger partial charge is 0.0340 e. The van der Waals surface area contributed by atoms with E-state index < -0.39 is 0 Å². The van der Waals surface area contributed by atoms with E-state index in [0.717, 1.165) is 12.5 Å². The van der Waals surface area contributed by atoms with Gasteiger partial charge in [-0.15, -0.1) is 0 Å². The Morgan fingerprint density at radius 2 is 1.89 bits per heavy atom. The van der Waals surface area contributed by atoms with Gasteiger partial charge in [-0.1, -0.05) is 31.5 Å². The molecule has 100 valence electrons. The van der Waals surface area contributed by atoms with Gasteiger partial charge in [0.15, 0.2) is 0 Å². The summed E-state index contributed by atoms with van der Waals surface area (Å²) in [6.45, 7) is 8.25. The van der Waals surface area contributed by atoms with Crippen molar-refractivity contribution in [3.05, 3.63) is 30.3 Å². The fourth-order valence-corrected chi connectivity index (χ4v) is 2.75. The molecule has 1 atom stereocenters. The number of hydrogen-bond acceptors (Lipinski definition) is 2. The van der Waals surface area contributed by atoms with Gasteiger partial charge in [0, 0.05) is 18.3 Å². The molecule has 0 aliphatic carbocycles. The molecule has 2 heteroatoms. The second kappa shape index (κ2) is 6.79. The Kier molecular flexibility index (Phi) is 5.06. The minimum Gasteiger partial charge on any atom is -0.383 e. The summed E-state index contributed by atoms with van der Waals surface area (Å²) in [7, 11) is 0. The molecular formula is C16H26N2. The zero-order chi connectivity index (χ0) is 12.8. The van der Waals surface area contributed by atoms with E-state index in [1.807, 2.05) is 0 Å². The molecule has 18 heavy (non-hydrogen) atoms. The summed E-state index contributed by atoms with van der Waals surface area (Å²) in [6, 6.07) is 11.1. The van der Waals surface area contributed by atoms with Gasteiger partial charge in [0.05, 0.1) is 0 Å². The van der Waals surface area contributed by atoms with E-state index >= 15 is 0 Å². The topological polar surface area (TPSA) is 15.3 Å². The number of hydrogen-bond donors (Lipinski definition) is 1. The first kappa shape index (κ1) is 13.4. The van der Waals surface area contributed by atoms with Crippen LogP contribution in [0.1, 0.15) is 33.1 Å². The highest BCUT2D eigenvalue weighted by atomic mass is 15.2. The third-order valence-corrected chi connectivity index (χ3v) is 4.23. The lowest BCUT2D eigenvalue weighted by Crippen LogP contribution is -2.43. The number of benzene rings is 1. The Morgan fingerprint density at radius 1 is 1.22 bits per heavy atom. The molecule has 1 fully saturated rings. The minimum atomic E-state index is 0.628. The van der Waals surface area contributed by atoms with Crippen LogP contribution in [0.25, 0.3) is 0 Å². The van der Waals surface area contributed by atoms with E-state index in [2.05, 4.69) is 54.4 Å². The molecule has 0 saturated carbocycles. The van der Waals surface area contributed by atoms with Crippen molar-refractivity contribution in [3.63, 3.8) is 0 Å². The Morgan fingerprint density at radius 3 is 2.50 bits per heavy atom. The second-order valence-electron chi connectivity index (χ2n) is 5.48. The molecule has 0 radical (unpaired) electrons. The van der Waals surface area contributed by atoms with Gasteiger partial charge in [0.25, 0.3) is 0 Å². The molecule has 1 N–H and O–H groups in total. The van der Waals surface area contributed by atoms with Gasteiger partial charge in [0.1, 0.15) is 0 Å². The highest BCUT2D eigenvalue weighted by Crippen LogP contribution is 2.21. The molecule has 1 saturated heterocycles. The first-order chi connectivity index (χ1) is 8.79. The molecule has 2 nitrogen and oxygen atoms in total. The lowest BCUT2D eigenvalue weighted by Gasteiger charge is -2.36. The molecule has 2 rings (SSSR count). The number of nitrogens with one attached hydrogen (secondary N) is 1. The van der Waals surface area contributed by atoms with Crippen molar-refractivity contribution in [1.29, 1.82) is 0 Å².